The fourth-order valence-corrected chi connectivity index (χ4v) is 2.69. The quantitative estimate of drug-likeness (QED) is 0.901. The van der Waals surface area contributed by atoms with Gasteiger partial charge in [-0.3, -0.25) is 0 Å². The number of rotatable bonds is 2. The highest BCUT2D eigenvalue weighted by Crippen LogP contribution is 2.34. The van der Waals surface area contributed by atoms with Crippen LogP contribution in [0.3, 0.4) is 0 Å². The van der Waals surface area contributed by atoms with Crippen molar-refractivity contribution in [3.63, 3.8) is 0 Å². The molecule has 1 aliphatic heterocycles. The zero-order valence-corrected chi connectivity index (χ0v) is 10.8. The lowest BCUT2D eigenvalue weighted by Gasteiger charge is -2.21. The van der Waals surface area contributed by atoms with Crippen LogP contribution in [0.4, 0.5) is 0 Å². The van der Waals surface area contributed by atoms with Crippen LogP contribution in [-0.4, -0.2) is 18.2 Å². The van der Waals surface area contributed by atoms with Gasteiger partial charge in [0.1, 0.15) is 5.76 Å². The van der Waals surface area contributed by atoms with Crippen molar-refractivity contribution in [3.05, 3.63) is 41.2 Å². The summed E-state index contributed by atoms with van der Waals surface area (Å²) in [7, 11) is 0. The maximum absolute atomic E-state index is 6.04. The summed E-state index contributed by atoms with van der Waals surface area (Å²) in [5.74, 6) is 1.46. The minimum Gasteiger partial charge on any atom is -0.360 e. The van der Waals surface area contributed by atoms with E-state index in [1.54, 1.807) is 6.20 Å². The van der Waals surface area contributed by atoms with Crippen molar-refractivity contribution in [2.45, 2.75) is 18.8 Å². The minimum atomic E-state index is 0.461. The van der Waals surface area contributed by atoms with Gasteiger partial charge in [0.05, 0.1) is 6.20 Å². The summed E-state index contributed by atoms with van der Waals surface area (Å²) in [6, 6.07) is 7.83. The van der Waals surface area contributed by atoms with Crippen LogP contribution >= 0.6 is 11.6 Å². The lowest BCUT2D eigenvalue weighted by Crippen LogP contribution is -2.26. The third kappa shape index (κ3) is 2.28. The van der Waals surface area contributed by atoms with Gasteiger partial charge >= 0.3 is 0 Å². The second-order valence-electron chi connectivity index (χ2n) is 4.64. The summed E-state index contributed by atoms with van der Waals surface area (Å²) < 4.78 is 5.48. The number of halogens is 1. The molecule has 3 nitrogen and oxygen atoms in total. The van der Waals surface area contributed by atoms with E-state index in [2.05, 4.69) is 10.5 Å². The average molecular weight is 263 g/mol. The molecule has 0 radical (unpaired) electrons. The monoisotopic (exact) mass is 262 g/mol. The van der Waals surface area contributed by atoms with Gasteiger partial charge in [-0.2, -0.15) is 0 Å². The molecule has 0 spiro atoms. The second kappa shape index (κ2) is 5.12. The van der Waals surface area contributed by atoms with Crippen LogP contribution in [0.2, 0.25) is 5.02 Å². The highest BCUT2D eigenvalue weighted by molar-refractivity contribution is 6.30. The standard InChI is InChI=1S/C14H15ClN2O/c15-12-3-1-2-11(8-12)13-9-17-18-14(13)10-4-6-16-7-5-10/h1-3,8-10,16H,4-7H2. The zero-order valence-electron chi connectivity index (χ0n) is 10.0. The van der Waals surface area contributed by atoms with Gasteiger partial charge in [0.2, 0.25) is 0 Å². The van der Waals surface area contributed by atoms with E-state index in [1.807, 2.05) is 24.3 Å². The fourth-order valence-electron chi connectivity index (χ4n) is 2.50. The highest BCUT2D eigenvalue weighted by Gasteiger charge is 2.23. The third-order valence-electron chi connectivity index (χ3n) is 3.44. The first kappa shape index (κ1) is 11.8. The van der Waals surface area contributed by atoms with Gasteiger partial charge in [-0.25, -0.2) is 0 Å². The molecule has 1 fully saturated rings. The second-order valence-corrected chi connectivity index (χ2v) is 5.07. The summed E-state index contributed by atoms with van der Waals surface area (Å²) in [5, 5.41) is 8.07. The van der Waals surface area contributed by atoms with E-state index in [1.165, 1.54) is 0 Å². The van der Waals surface area contributed by atoms with Gasteiger partial charge in [0, 0.05) is 16.5 Å². The smallest absolute Gasteiger partial charge is 0.147 e. The topological polar surface area (TPSA) is 38.1 Å². The summed E-state index contributed by atoms with van der Waals surface area (Å²) in [6.07, 6.45) is 3.99. The van der Waals surface area contributed by atoms with Crippen LogP contribution in [0.25, 0.3) is 11.1 Å². The maximum Gasteiger partial charge on any atom is 0.147 e. The molecule has 94 valence electrons. The van der Waals surface area contributed by atoms with Gasteiger partial charge in [-0.1, -0.05) is 28.9 Å². The van der Waals surface area contributed by atoms with Crippen LogP contribution in [0.1, 0.15) is 24.5 Å². The molecule has 0 bridgehead atoms. The van der Waals surface area contributed by atoms with Crippen molar-refractivity contribution in [3.8, 4) is 11.1 Å². The number of nitrogens with zero attached hydrogens (tertiary/aromatic N) is 1. The van der Waals surface area contributed by atoms with Crippen LogP contribution in [0.15, 0.2) is 35.0 Å². The Kier molecular flexibility index (Phi) is 3.35. The van der Waals surface area contributed by atoms with Gasteiger partial charge in [-0.05, 0) is 43.6 Å². The van der Waals surface area contributed by atoms with Gasteiger partial charge in [0.15, 0.2) is 0 Å². The Morgan fingerprint density at radius 3 is 2.89 bits per heavy atom. The lowest BCUT2D eigenvalue weighted by molar-refractivity contribution is 0.328. The van der Waals surface area contributed by atoms with Crippen LogP contribution in [0, 0.1) is 0 Å². The first-order valence-corrected chi connectivity index (χ1v) is 6.63. The van der Waals surface area contributed by atoms with Crippen molar-refractivity contribution < 1.29 is 4.52 Å². The number of hydrogen-bond acceptors (Lipinski definition) is 3. The Morgan fingerprint density at radius 2 is 2.11 bits per heavy atom. The van der Waals surface area contributed by atoms with E-state index in [9.17, 15) is 0 Å². The van der Waals surface area contributed by atoms with Crippen LogP contribution in [-0.2, 0) is 0 Å². The average Bonchev–Trinajstić information content (AvgIpc) is 2.89. The molecule has 1 aromatic carbocycles. The minimum absolute atomic E-state index is 0.461. The van der Waals surface area contributed by atoms with Gasteiger partial charge < -0.3 is 9.84 Å². The molecule has 0 atom stereocenters. The molecule has 0 unspecified atom stereocenters. The van der Waals surface area contributed by atoms with E-state index < -0.39 is 0 Å². The lowest BCUT2D eigenvalue weighted by atomic mass is 9.91. The predicted molar refractivity (Wildman–Crippen MR) is 71.8 cm³/mol. The molecule has 18 heavy (non-hydrogen) atoms. The predicted octanol–water partition coefficient (Wildman–Crippen LogP) is 3.46. The molecule has 4 heteroatoms. The Bertz CT molecular complexity index is 532. The summed E-state index contributed by atoms with van der Waals surface area (Å²) in [4.78, 5) is 0. The van der Waals surface area contributed by atoms with E-state index in [0.717, 1.165) is 47.8 Å². The Balaban J connectivity index is 1.95. The molecular weight excluding hydrogens is 248 g/mol. The molecular formula is C14H15ClN2O. The molecule has 0 aliphatic carbocycles. The number of hydrogen-bond donors (Lipinski definition) is 1. The number of nitrogens with one attached hydrogen (secondary N) is 1. The Hall–Kier alpha value is -1.32. The maximum atomic E-state index is 6.04. The van der Waals surface area contributed by atoms with Crippen LogP contribution in [0.5, 0.6) is 0 Å². The fraction of sp³-hybridized carbons (Fsp3) is 0.357. The van der Waals surface area contributed by atoms with Crippen molar-refractivity contribution in [1.82, 2.24) is 10.5 Å². The number of benzene rings is 1. The zero-order chi connectivity index (χ0) is 12.4. The van der Waals surface area contributed by atoms with Crippen molar-refractivity contribution >= 4 is 11.6 Å². The summed E-state index contributed by atoms with van der Waals surface area (Å²) in [6.45, 7) is 2.08. The molecule has 1 saturated heterocycles. The molecule has 3 rings (SSSR count). The van der Waals surface area contributed by atoms with E-state index in [-0.39, 0.29) is 0 Å². The normalized spacial score (nSPS) is 16.9. The SMILES string of the molecule is Clc1cccc(-c2cnoc2C2CCNCC2)c1. The highest BCUT2D eigenvalue weighted by atomic mass is 35.5. The van der Waals surface area contributed by atoms with E-state index in [4.69, 9.17) is 16.1 Å². The van der Waals surface area contributed by atoms with Crippen molar-refractivity contribution in [2.24, 2.45) is 0 Å². The van der Waals surface area contributed by atoms with Crippen molar-refractivity contribution in [2.75, 3.05) is 13.1 Å². The van der Waals surface area contributed by atoms with Gasteiger partial charge in [0.25, 0.3) is 0 Å². The largest absolute Gasteiger partial charge is 0.360 e. The van der Waals surface area contributed by atoms with Crippen molar-refractivity contribution in [1.29, 1.82) is 0 Å². The van der Waals surface area contributed by atoms with Crippen LogP contribution < -0.4 is 5.32 Å². The Labute approximate surface area is 111 Å². The molecule has 0 saturated carbocycles. The molecule has 1 aromatic heterocycles. The first-order valence-electron chi connectivity index (χ1n) is 6.26. The number of aromatic nitrogens is 1. The molecule has 0 amide bonds. The molecule has 2 heterocycles. The molecule has 2 aromatic rings. The Morgan fingerprint density at radius 1 is 1.28 bits per heavy atom. The van der Waals surface area contributed by atoms with E-state index in [0.29, 0.717) is 5.92 Å². The first-order chi connectivity index (χ1) is 8.84. The van der Waals surface area contributed by atoms with E-state index >= 15 is 0 Å². The summed E-state index contributed by atoms with van der Waals surface area (Å²) >= 11 is 6.04. The third-order valence-corrected chi connectivity index (χ3v) is 3.68. The molecule has 1 N–H and O–H groups in total. The number of piperidine rings is 1. The summed E-state index contributed by atoms with van der Waals surface area (Å²) in [5.41, 5.74) is 2.15. The molecule has 1 aliphatic rings. The van der Waals surface area contributed by atoms with Gasteiger partial charge in [-0.15, -0.1) is 0 Å².